The van der Waals surface area contributed by atoms with E-state index >= 15 is 0 Å². The average Bonchev–Trinajstić information content (AvgIpc) is 3.55. The van der Waals surface area contributed by atoms with Gasteiger partial charge >= 0.3 is 0 Å². The Balaban J connectivity index is 1.96. The van der Waals surface area contributed by atoms with Crippen molar-refractivity contribution >= 4 is 0 Å². The highest BCUT2D eigenvalue weighted by atomic mass is 16.4. The van der Waals surface area contributed by atoms with Crippen LogP contribution in [0.25, 0.3) is 22.6 Å². The molecule has 2 unspecified atom stereocenters. The Labute approximate surface area is 257 Å². The molecule has 230 valence electrons. The lowest BCUT2D eigenvalue weighted by Crippen LogP contribution is -2.32. The van der Waals surface area contributed by atoms with E-state index in [1.807, 2.05) is 0 Å². The van der Waals surface area contributed by atoms with Crippen LogP contribution in [0.15, 0.2) is 40.8 Å². The topological polar surface area (TPSA) is 38.9 Å². The predicted octanol–water partition coefficient (Wildman–Crippen LogP) is 11.8. The van der Waals surface area contributed by atoms with E-state index in [1.165, 1.54) is 86.5 Å². The Bertz CT molecular complexity index is 1300. The Morgan fingerprint density at radius 2 is 1.24 bits per heavy atom. The number of nitrogens with zero attached hydrogens (tertiary/aromatic N) is 2. The normalized spacial score (nSPS) is 18.1. The lowest BCUT2D eigenvalue weighted by Gasteiger charge is -2.39. The van der Waals surface area contributed by atoms with Gasteiger partial charge < -0.3 is 4.42 Å². The third-order valence-corrected chi connectivity index (χ3v) is 9.90. The van der Waals surface area contributed by atoms with Crippen molar-refractivity contribution in [3.8, 4) is 22.6 Å². The maximum Gasteiger partial charge on any atom is 0.247 e. The predicted molar refractivity (Wildman–Crippen MR) is 179 cm³/mol. The molecular formula is C39H58N2O. The van der Waals surface area contributed by atoms with Gasteiger partial charge in [0, 0.05) is 16.4 Å². The molecule has 0 N–H and O–H groups in total. The second-order valence-electron chi connectivity index (χ2n) is 15.3. The van der Waals surface area contributed by atoms with Crippen LogP contribution in [0, 0.1) is 11.8 Å². The third-order valence-electron chi connectivity index (χ3n) is 9.90. The minimum Gasteiger partial charge on any atom is -0.420 e. The molecule has 42 heavy (non-hydrogen) atoms. The van der Waals surface area contributed by atoms with Crippen molar-refractivity contribution in [1.29, 1.82) is 0 Å². The molecule has 3 aromatic rings. The average molecular weight is 571 g/mol. The van der Waals surface area contributed by atoms with Crippen molar-refractivity contribution in [3.63, 3.8) is 0 Å². The first kappa shape index (κ1) is 32.5. The van der Waals surface area contributed by atoms with Crippen LogP contribution in [0.1, 0.15) is 156 Å². The number of hydrogen-bond donors (Lipinski definition) is 0. The summed E-state index contributed by atoms with van der Waals surface area (Å²) in [5.41, 5.74) is 8.29. The Kier molecular flexibility index (Phi) is 10.1. The Morgan fingerprint density at radius 3 is 1.71 bits per heavy atom. The molecule has 3 heteroatoms. The first-order valence-corrected chi connectivity index (χ1v) is 17.0. The first-order chi connectivity index (χ1) is 19.9. The van der Waals surface area contributed by atoms with Crippen molar-refractivity contribution in [2.45, 2.75) is 150 Å². The summed E-state index contributed by atoms with van der Waals surface area (Å²) in [6, 6.07) is 14.4. The Morgan fingerprint density at radius 1 is 0.690 bits per heavy atom. The van der Waals surface area contributed by atoms with Gasteiger partial charge in [-0.1, -0.05) is 145 Å². The fraction of sp³-hybridized carbons (Fsp3) is 0.641. The van der Waals surface area contributed by atoms with Crippen LogP contribution in [0.5, 0.6) is 0 Å². The molecule has 3 nitrogen and oxygen atoms in total. The monoisotopic (exact) mass is 570 g/mol. The van der Waals surface area contributed by atoms with Gasteiger partial charge in [0.15, 0.2) is 0 Å². The molecule has 1 heterocycles. The number of benzene rings is 2. The zero-order chi connectivity index (χ0) is 30.7. The smallest absolute Gasteiger partial charge is 0.247 e. The van der Waals surface area contributed by atoms with Crippen molar-refractivity contribution in [3.05, 3.63) is 59.0 Å². The number of unbranched alkanes of at least 4 members (excludes halogenated alkanes) is 2. The van der Waals surface area contributed by atoms with Crippen LogP contribution in [0.3, 0.4) is 0 Å². The van der Waals surface area contributed by atoms with Gasteiger partial charge in [-0.2, -0.15) is 0 Å². The molecule has 0 amide bonds. The largest absolute Gasteiger partial charge is 0.420 e. The summed E-state index contributed by atoms with van der Waals surface area (Å²) in [6.07, 6.45) is 12.6. The molecule has 4 rings (SSSR count). The molecule has 0 radical (unpaired) electrons. The number of fused-ring (bicyclic) bond motifs is 3. The summed E-state index contributed by atoms with van der Waals surface area (Å²) in [4.78, 5) is 0. The van der Waals surface area contributed by atoms with Gasteiger partial charge in [-0.3, -0.25) is 0 Å². The quantitative estimate of drug-likeness (QED) is 0.205. The van der Waals surface area contributed by atoms with E-state index < -0.39 is 0 Å². The molecule has 1 aliphatic rings. The van der Waals surface area contributed by atoms with Crippen LogP contribution in [0.4, 0.5) is 0 Å². The maximum atomic E-state index is 6.29. The van der Waals surface area contributed by atoms with E-state index in [-0.39, 0.29) is 16.2 Å². The molecule has 0 spiro atoms. The standard InChI is InChI=1S/C39H58N2O/c1-11-15-17-27(13-3)25-39(26-28(14-4)18-16-12-2)33-23-29(35-40-41-36(42-35)38(8,9)10)19-21-31(33)32-22-20-30(24-34(32)39)37(5,6)7/h19-24,27-28H,11-18,25-26H2,1-10H3. The summed E-state index contributed by atoms with van der Waals surface area (Å²) in [7, 11) is 0. The summed E-state index contributed by atoms with van der Waals surface area (Å²) < 4.78 is 6.29. The number of aromatic nitrogens is 2. The fourth-order valence-electron chi connectivity index (χ4n) is 7.13. The molecule has 1 aromatic heterocycles. The highest BCUT2D eigenvalue weighted by molar-refractivity contribution is 5.83. The fourth-order valence-corrected chi connectivity index (χ4v) is 7.13. The van der Waals surface area contributed by atoms with Crippen LogP contribution < -0.4 is 0 Å². The van der Waals surface area contributed by atoms with Gasteiger partial charge in [-0.15, -0.1) is 10.2 Å². The molecule has 2 aromatic carbocycles. The Hall–Kier alpha value is -2.42. The van der Waals surface area contributed by atoms with Gasteiger partial charge in [-0.25, -0.2) is 0 Å². The van der Waals surface area contributed by atoms with Crippen LogP contribution in [-0.4, -0.2) is 10.2 Å². The molecule has 1 aliphatic carbocycles. The summed E-state index contributed by atoms with van der Waals surface area (Å²) in [5.74, 6) is 2.73. The molecule has 0 bridgehead atoms. The first-order valence-electron chi connectivity index (χ1n) is 17.0. The van der Waals surface area contributed by atoms with Crippen LogP contribution in [-0.2, 0) is 16.2 Å². The second-order valence-corrected chi connectivity index (χ2v) is 15.3. The highest BCUT2D eigenvalue weighted by Gasteiger charge is 2.46. The van der Waals surface area contributed by atoms with Crippen molar-refractivity contribution < 1.29 is 4.42 Å². The molecular weight excluding hydrogens is 512 g/mol. The number of rotatable bonds is 13. The number of hydrogen-bond acceptors (Lipinski definition) is 3. The van der Waals surface area contributed by atoms with Gasteiger partial charge in [-0.05, 0) is 70.0 Å². The van der Waals surface area contributed by atoms with Gasteiger partial charge in [0.05, 0.1) is 0 Å². The van der Waals surface area contributed by atoms with E-state index in [9.17, 15) is 0 Å². The third kappa shape index (κ3) is 6.71. The SMILES string of the molecule is CCCCC(CC)CC1(CC(CC)CCCC)c2cc(-c3nnc(C(C)(C)C)o3)ccc2-c2ccc(C(C)(C)C)cc21. The molecule has 0 aliphatic heterocycles. The minimum atomic E-state index is -0.174. The zero-order valence-corrected chi connectivity index (χ0v) is 28.5. The van der Waals surface area contributed by atoms with Crippen molar-refractivity contribution in [2.24, 2.45) is 11.8 Å². The second kappa shape index (κ2) is 13.1. The lowest BCUT2D eigenvalue weighted by molar-refractivity contribution is 0.265. The zero-order valence-electron chi connectivity index (χ0n) is 28.5. The van der Waals surface area contributed by atoms with E-state index in [1.54, 1.807) is 5.56 Å². The van der Waals surface area contributed by atoms with Crippen molar-refractivity contribution in [2.75, 3.05) is 0 Å². The lowest BCUT2D eigenvalue weighted by atomic mass is 9.64. The van der Waals surface area contributed by atoms with Crippen LogP contribution in [0.2, 0.25) is 0 Å². The summed E-state index contributed by atoms with van der Waals surface area (Å²) >= 11 is 0. The molecule has 0 saturated carbocycles. The highest BCUT2D eigenvalue weighted by Crippen LogP contribution is 2.57. The van der Waals surface area contributed by atoms with E-state index in [0.29, 0.717) is 23.6 Å². The van der Waals surface area contributed by atoms with Crippen molar-refractivity contribution in [1.82, 2.24) is 10.2 Å². The maximum absolute atomic E-state index is 6.29. The van der Waals surface area contributed by atoms with Gasteiger partial charge in [0.2, 0.25) is 11.8 Å². The summed E-state index contributed by atoms with van der Waals surface area (Å²) in [5, 5.41) is 8.99. The molecule has 0 saturated heterocycles. The van der Waals surface area contributed by atoms with E-state index in [2.05, 4.69) is 116 Å². The summed E-state index contributed by atoms with van der Waals surface area (Å²) in [6.45, 7) is 22.9. The van der Waals surface area contributed by atoms with E-state index in [0.717, 1.165) is 5.56 Å². The van der Waals surface area contributed by atoms with E-state index in [4.69, 9.17) is 4.42 Å². The minimum absolute atomic E-state index is 0.0162. The van der Waals surface area contributed by atoms with Crippen LogP contribution >= 0.6 is 0 Å². The van der Waals surface area contributed by atoms with Gasteiger partial charge in [0.1, 0.15) is 0 Å². The molecule has 0 fully saturated rings. The molecule has 2 atom stereocenters. The van der Waals surface area contributed by atoms with Gasteiger partial charge in [0.25, 0.3) is 0 Å².